The summed E-state index contributed by atoms with van der Waals surface area (Å²) in [5.74, 6) is -1.88. The lowest BCUT2D eigenvalue weighted by Gasteiger charge is -2.16. The smallest absolute Gasteiger partial charge is 0.328 e. The van der Waals surface area contributed by atoms with Crippen molar-refractivity contribution in [2.24, 2.45) is 5.73 Å². The molecule has 1 aromatic rings. The molecule has 0 aliphatic heterocycles. The number of aromatic hydroxyl groups is 1. The third kappa shape index (κ3) is 6.73. The summed E-state index contributed by atoms with van der Waals surface area (Å²) >= 11 is 0. The Hall–Kier alpha value is -2.12. The van der Waals surface area contributed by atoms with E-state index in [4.69, 9.17) is 21.1 Å². The number of carboxylic acids is 1. The van der Waals surface area contributed by atoms with Crippen molar-refractivity contribution in [2.45, 2.75) is 32.4 Å². The highest BCUT2D eigenvalue weighted by Gasteiger charge is 2.22. The first-order valence-electron chi connectivity index (χ1n) is 6.61. The number of aliphatic hydroxyl groups is 1. The number of amides is 1. The molecular weight excluding hydrogens is 276 g/mol. The van der Waals surface area contributed by atoms with E-state index in [1.807, 2.05) is 13.8 Å². The maximum absolute atomic E-state index is 11.6. The van der Waals surface area contributed by atoms with Crippen LogP contribution in [-0.4, -0.2) is 45.9 Å². The molecule has 6 N–H and O–H groups in total. The van der Waals surface area contributed by atoms with Gasteiger partial charge in [-0.1, -0.05) is 26.0 Å². The predicted octanol–water partition coefficient (Wildman–Crippen LogP) is -0.150. The first kappa shape index (κ1) is 18.9. The summed E-state index contributed by atoms with van der Waals surface area (Å²) in [6, 6.07) is 3.87. The standard InChI is InChI=1S/C12H16N2O5.C2H6/c13-9(5-7-1-3-8(16)4-2-7)11(17)14-10(6-15)12(18)19;1-2/h1-4,9-10,15-16H,5-6,13H2,(H,14,17)(H,18,19);1-2H3. The number of carbonyl (C=O) groups is 2. The summed E-state index contributed by atoms with van der Waals surface area (Å²) < 4.78 is 0. The van der Waals surface area contributed by atoms with Gasteiger partial charge in [0.2, 0.25) is 5.91 Å². The number of carboxylic acid groups (broad SMARTS) is 1. The fourth-order valence-corrected chi connectivity index (χ4v) is 1.44. The number of hydrogen-bond acceptors (Lipinski definition) is 5. The number of carbonyl (C=O) groups excluding carboxylic acids is 1. The molecule has 0 saturated carbocycles. The van der Waals surface area contributed by atoms with Crippen LogP contribution in [0, 0.1) is 0 Å². The van der Waals surface area contributed by atoms with E-state index in [0.29, 0.717) is 0 Å². The molecule has 7 nitrogen and oxygen atoms in total. The molecule has 0 radical (unpaired) electrons. The molecule has 0 aromatic heterocycles. The van der Waals surface area contributed by atoms with Gasteiger partial charge in [0.25, 0.3) is 0 Å². The van der Waals surface area contributed by atoms with Gasteiger partial charge in [0.05, 0.1) is 12.6 Å². The minimum atomic E-state index is -1.36. The quantitative estimate of drug-likeness (QED) is 0.496. The van der Waals surface area contributed by atoms with Crippen molar-refractivity contribution in [1.29, 1.82) is 0 Å². The molecule has 2 atom stereocenters. The molecular formula is C14H22N2O5. The number of nitrogens with one attached hydrogen (secondary N) is 1. The van der Waals surface area contributed by atoms with Gasteiger partial charge >= 0.3 is 5.97 Å². The number of aliphatic carboxylic acids is 1. The highest BCUT2D eigenvalue weighted by molar-refractivity contribution is 5.87. The van der Waals surface area contributed by atoms with Crippen LogP contribution in [0.2, 0.25) is 0 Å². The maximum Gasteiger partial charge on any atom is 0.328 e. The lowest BCUT2D eigenvalue weighted by Crippen LogP contribution is -2.50. The second-order valence-electron chi connectivity index (χ2n) is 4.06. The maximum atomic E-state index is 11.6. The van der Waals surface area contributed by atoms with E-state index >= 15 is 0 Å². The molecule has 0 spiro atoms. The van der Waals surface area contributed by atoms with Crippen LogP contribution in [0.4, 0.5) is 0 Å². The SMILES string of the molecule is CC.NC(Cc1ccc(O)cc1)C(=O)NC(CO)C(=O)O. The third-order valence-corrected chi connectivity index (χ3v) is 2.53. The Labute approximate surface area is 123 Å². The Morgan fingerprint density at radius 3 is 2.19 bits per heavy atom. The zero-order valence-corrected chi connectivity index (χ0v) is 12.1. The number of hydrogen-bond donors (Lipinski definition) is 5. The van der Waals surface area contributed by atoms with Gasteiger partial charge in [-0.3, -0.25) is 4.79 Å². The summed E-state index contributed by atoms with van der Waals surface area (Å²) in [5, 5.41) is 28.7. The lowest BCUT2D eigenvalue weighted by molar-refractivity contribution is -0.143. The number of aliphatic hydroxyl groups excluding tert-OH is 1. The van der Waals surface area contributed by atoms with Crippen LogP contribution in [0.1, 0.15) is 19.4 Å². The molecule has 0 heterocycles. The van der Waals surface area contributed by atoms with E-state index in [2.05, 4.69) is 5.32 Å². The van der Waals surface area contributed by atoms with Crippen molar-refractivity contribution in [3.63, 3.8) is 0 Å². The first-order chi connectivity index (χ1) is 9.93. The van der Waals surface area contributed by atoms with Crippen molar-refractivity contribution in [2.75, 3.05) is 6.61 Å². The van der Waals surface area contributed by atoms with E-state index in [0.717, 1.165) is 5.56 Å². The van der Waals surface area contributed by atoms with Crippen LogP contribution in [-0.2, 0) is 16.0 Å². The predicted molar refractivity (Wildman–Crippen MR) is 77.8 cm³/mol. The summed E-state index contributed by atoms with van der Waals surface area (Å²) in [7, 11) is 0. The Morgan fingerprint density at radius 2 is 1.76 bits per heavy atom. The van der Waals surface area contributed by atoms with Gasteiger partial charge in [-0.05, 0) is 24.1 Å². The summed E-state index contributed by atoms with van der Waals surface area (Å²) in [6.45, 7) is 3.30. The molecule has 1 amide bonds. The van der Waals surface area contributed by atoms with Crippen molar-refractivity contribution in [3.8, 4) is 5.75 Å². The molecule has 2 unspecified atom stereocenters. The van der Waals surface area contributed by atoms with Crippen LogP contribution >= 0.6 is 0 Å². The number of phenols is 1. The minimum absolute atomic E-state index is 0.105. The molecule has 7 heteroatoms. The fourth-order valence-electron chi connectivity index (χ4n) is 1.44. The topological polar surface area (TPSA) is 133 Å². The van der Waals surface area contributed by atoms with Crippen molar-refractivity contribution in [1.82, 2.24) is 5.32 Å². The Bertz CT molecular complexity index is 447. The molecule has 1 rings (SSSR count). The molecule has 0 saturated heterocycles. The summed E-state index contributed by atoms with van der Waals surface area (Å²) in [6.07, 6.45) is 0.198. The monoisotopic (exact) mass is 298 g/mol. The van der Waals surface area contributed by atoms with Gasteiger partial charge < -0.3 is 26.4 Å². The van der Waals surface area contributed by atoms with Crippen LogP contribution < -0.4 is 11.1 Å². The Balaban J connectivity index is 0.00000191. The molecule has 0 aliphatic rings. The molecule has 0 bridgehead atoms. The van der Waals surface area contributed by atoms with E-state index in [9.17, 15) is 9.59 Å². The largest absolute Gasteiger partial charge is 0.508 e. The van der Waals surface area contributed by atoms with Crippen LogP contribution in [0.5, 0.6) is 5.75 Å². The minimum Gasteiger partial charge on any atom is -0.508 e. The average molecular weight is 298 g/mol. The first-order valence-corrected chi connectivity index (χ1v) is 6.61. The zero-order valence-electron chi connectivity index (χ0n) is 12.1. The van der Waals surface area contributed by atoms with E-state index < -0.39 is 30.6 Å². The van der Waals surface area contributed by atoms with Crippen molar-refractivity contribution >= 4 is 11.9 Å². The Morgan fingerprint density at radius 1 is 1.24 bits per heavy atom. The van der Waals surface area contributed by atoms with Crippen molar-refractivity contribution < 1.29 is 24.9 Å². The van der Waals surface area contributed by atoms with Gasteiger partial charge in [-0.15, -0.1) is 0 Å². The van der Waals surface area contributed by atoms with E-state index in [-0.39, 0.29) is 12.2 Å². The van der Waals surface area contributed by atoms with E-state index in [1.54, 1.807) is 12.1 Å². The highest BCUT2D eigenvalue weighted by Crippen LogP contribution is 2.10. The molecule has 118 valence electrons. The summed E-state index contributed by atoms with van der Waals surface area (Å²) in [4.78, 5) is 22.3. The number of benzene rings is 1. The average Bonchev–Trinajstić information content (AvgIpc) is 2.48. The molecule has 1 aromatic carbocycles. The fraction of sp³-hybridized carbons (Fsp3) is 0.429. The van der Waals surface area contributed by atoms with Gasteiger partial charge in [0.15, 0.2) is 0 Å². The van der Waals surface area contributed by atoms with Gasteiger partial charge in [-0.25, -0.2) is 4.79 Å². The molecule has 21 heavy (non-hydrogen) atoms. The van der Waals surface area contributed by atoms with Gasteiger partial charge in [0.1, 0.15) is 11.8 Å². The van der Waals surface area contributed by atoms with Gasteiger partial charge in [-0.2, -0.15) is 0 Å². The van der Waals surface area contributed by atoms with Crippen LogP contribution in [0.25, 0.3) is 0 Å². The third-order valence-electron chi connectivity index (χ3n) is 2.53. The highest BCUT2D eigenvalue weighted by atomic mass is 16.4. The van der Waals surface area contributed by atoms with Crippen LogP contribution in [0.15, 0.2) is 24.3 Å². The second kappa shape index (κ2) is 9.73. The van der Waals surface area contributed by atoms with Crippen LogP contribution in [0.3, 0.4) is 0 Å². The second-order valence-corrected chi connectivity index (χ2v) is 4.06. The normalized spacial score (nSPS) is 12.6. The van der Waals surface area contributed by atoms with Crippen molar-refractivity contribution in [3.05, 3.63) is 29.8 Å². The molecule has 0 aliphatic carbocycles. The number of phenolic OH excluding ortho intramolecular Hbond substituents is 1. The van der Waals surface area contributed by atoms with Gasteiger partial charge in [0, 0.05) is 0 Å². The zero-order chi connectivity index (χ0) is 16.4. The Kier molecular flexibility index (Phi) is 8.75. The number of nitrogens with two attached hydrogens (primary N) is 1. The van der Waals surface area contributed by atoms with E-state index in [1.165, 1.54) is 12.1 Å². The number of rotatable bonds is 6. The molecule has 0 fully saturated rings. The summed E-state index contributed by atoms with van der Waals surface area (Å²) in [5.41, 5.74) is 6.37. The lowest BCUT2D eigenvalue weighted by atomic mass is 10.1.